The predicted octanol–water partition coefficient (Wildman–Crippen LogP) is 7.26. The Morgan fingerprint density at radius 3 is 2.53 bits per heavy atom. The minimum Gasteiger partial charge on any atom is -0.515 e. The molecule has 5 atom stereocenters. The van der Waals surface area contributed by atoms with Gasteiger partial charge < -0.3 is 5.11 Å². The normalized spacial score (nSPS) is 31.4. The Labute approximate surface area is 183 Å². The Morgan fingerprint density at radius 2 is 1.83 bits per heavy atom. The second-order valence-corrected chi connectivity index (χ2v) is 11.1. The van der Waals surface area contributed by atoms with E-state index in [0.717, 1.165) is 48.3 Å². The molecule has 3 aliphatic rings. The molecule has 1 aromatic carbocycles. The van der Waals surface area contributed by atoms with Crippen LogP contribution in [0.15, 0.2) is 18.4 Å². The summed E-state index contributed by atoms with van der Waals surface area (Å²) in [6, 6.07) is 4.42. The fourth-order valence-electron chi connectivity index (χ4n) is 7.06. The van der Waals surface area contributed by atoms with E-state index in [0.29, 0.717) is 23.3 Å². The van der Waals surface area contributed by atoms with Crippen LogP contribution in [0, 0.1) is 29.1 Å². The maximum atomic E-state index is 12.2. The van der Waals surface area contributed by atoms with Crippen LogP contribution < -0.4 is 0 Å². The first-order chi connectivity index (χ1) is 14.3. The van der Waals surface area contributed by atoms with Crippen LogP contribution in [0.1, 0.15) is 101 Å². The van der Waals surface area contributed by atoms with Crippen LogP contribution in [0.4, 0.5) is 0 Å². The van der Waals surface area contributed by atoms with Crippen molar-refractivity contribution in [2.45, 2.75) is 91.9 Å². The highest BCUT2D eigenvalue weighted by Gasteiger charge is 2.51. The summed E-state index contributed by atoms with van der Waals surface area (Å²) in [7, 11) is 0. The highest BCUT2D eigenvalue weighted by atomic mass is 16.2. The third-order valence-electron chi connectivity index (χ3n) is 9.39. The summed E-state index contributed by atoms with van der Waals surface area (Å²) in [4.78, 5) is 12.2. The van der Waals surface area contributed by atoms with Crippen molar-refractivity contribution in [2.75, 3.05) is 0 Å². The quantitative estimate of drug-likeness (QED) is 0.411. The lowest BCUT2D eigenvalue weighted by Crippen LogP contribution is -2.36. The van der Waals surface area contributed by atoms with Gasteiger partial charge in [0.2, 0.25) is 0 Å². The molecule has 0 heterocycles. The van der Waals surface area contributed by atoms with E-state index in [1.54, 1.807) is 5.56 Å². The van der Waals surface area contributed by atoms with E-state index in [2.05, 4.69) is 46.8 Å². The number of carbonyl (C=O) groups excluding carboxylic acids is 1. The van der Waals surface area contributed by atoms with Crippen LogP contribution in [0.2, 0.25) is 0 Å². The first-order valence-corrected chi connectivity index (χ1v) is 12.3. The number of hydrogen-bond donors (Lipinski definition) is 1. The number of aliphatic hydroxyl groups is 1. The molecule has 1 saturated carbocycles. The van der Waals surface area contributed by atoms with E-state index in [4.69, 9.17) is 0 Å². The van der Waals surface area contributed by atoms with Crippen molar-refractivity contribution >= 4 is 11.4 Å². The Kier molecular flexibility index (Phi) is 5.90. The third-order valence-corrected chi connectivity index (χ3v) is 9.39. The molecule has 0 aliphatic heterocycles. The van der Waals surface area contributed by atoms with E-state index in [-0.39, 0.29) is 5.78 Å². The molecule has 4 rings (SSSR count). The second-order valence-electron chi connectivity index (χ2n) is 11.1. The first-order valence-electron chi connectivity index (χ1n) is 12.3. The molecule has 1 fully saturated rings. The zero-order valence-electron chi connectivity index (χ0n) is 19.6. The summed E-state index contributed by atoms with van der Waals surface area (Å²) in [6.07, 6.45) is 10.2. The molecule has 3 aliphatic carbocycles. The monoisotopic (exact) mass is 408 g/mol. The molecule has 30 heavy (non-hydrogen) atoms. The lowest BCUT2D eigenvalue weighted by Gasteiger charge is -2.45. The molecule has 2 nitrogen and oxygen atoms in total. The highest BCUT2D eigenvalue weighted by molar-refractivity contribution is 6.22. The summed E-state index contributed by atoms with van der Waals surface area (Å²) in [5.41, 5.74) is 6.31. The van der Waals surface area contributed by atoms with Gasteiger partial charge in [0, 0.05) is 6.42 Å². The summed E-state index contributed by atoms with van der Waals surface area (Å²) < 4.78 is 0. The number of aliphatic hydroxyl groups excluding tert-OH is 1. The number of Topliss-reactive ketones (excluding diaryl/α,β-unsaturated/α-hetero) is 1. The van der Waals surface area contributed by atoms with Gasteiger partial charge in [-0.15, -0.1) is 0 Å². The Morgan fingerprint density at radius 1 is 1.07 bits per heavy atom. The van der Waals surface area contributed by atoms with Gasteiger partial charge >= 0.3 is 0 Å². The number of fused-ring (bicyclic) bond motifs is 5. The molecule has 0 amide bonds. The summed E-state index contributed by atoms with van der Waals surface area (Å²) in [6.45, 7) is 12.2. The average Bonchev–Trinajstić information content (AvgIpc) is 3.08. The van der Waals surface area contributed by atoms with Gasteiger partial charge in [-0.3, -0.25) is 4.79 Å². The molecule has 0 saturated heterocycles. The zero-order valence-corrected chi connectivity index (χ0v) is 19.6. The molecule has 1 N–H and O–H groups in total. The van der Waals surface area contributed by atoms with Crippen molar-refractivity contribution in [3.05, 3.63) is 40.6 Å². The topological polar surface area (TPSA) is 37.3 Å². The predicted molar refractivity (Wildman–Crippen MR) is 125 cm³/mol. The van der Waals surface area contributed by atoms with E-state index >= 15 is 0 Å². The third kappa shape index (κ3) is 3.45. The molecule has 0 unspecified atom stereocenters. The maximum Gasteiger partial charge on any atom is 0.166 e. The average molecular weight is 409 g/mol. The van der Waals surface area contributed by atoms with Crippen LogP contribution in [0.3, 0.4) is 0 Å². The minimum atomic E-state index is 0.0796. The molecule has 0 aromatic heterocycles. The Hall–Kier alpha value is -1.57. The molecule has 164 valence electrons. The van der Waals surface area contributed by atoms with Crippen LogP contribution in [-0.4, -0.2) is 10.9 Å². The van der Waals surface area contributed by atoms with Crippen LogP contribution in [-0.2, 0) is 17.6 Å². The Balaban J connectivity index is 1.59. The smallest absolute Gasteiger partial charge is 0.166 e. The van der Waals surface area contributed by atoms with Gasteiger partial charge in [0.25, 0.3) is 0 Å². The number of carbonyl (C=O) groups is 1. The van der Waals surface area contributed by atoms with Crippen molar-refractivity contribution in [1.29, 1.82) is 0 Å². The van der Waals surface area contributed by atoms with Gasteiger partial charge in [-0.2, -0.15) is 0 Å². The van der Waals surface area contributed by atoms with Crippen LogP contribution >= 0.6 is 0 Å². The summed E-state index contributed by atoms with van der Waals surface area (Å²) in [5.74, 6) is 3.94. The molecule has 0 bridgehead atoms. The number of ketones is 1. The van der Waals surface area contributed by atoms with Gasteiger partial charge in [-0.1, -0.05) is 59.6 Å². The number of benzene rings is 1. The summed E-state index contributed by atoms with van der Waals surface area (Å²) in [5, 5.41) is 9.64. The van der Waals surface area contributed by atoms with Gasteiger partial charge in [0.1, 0.15) is 0 Å². The molecule has 2 heteroatoms. The minimum absolute atomic E-state index is 0.0796. The van der Waals surface area contributed by atoms with E-state index in [1.165, 1.54) is 43.2 Å². The van der Waals surface area contributed by atoms with Gasteiger partial charge in [0.15, 0.2) is 5.78 Å². The molecule has 0 radical (unpaired) electrons. The Bertz CT molecular complexity index is 848. The number of hydrogen-bond acceptors (Lipinski definition) is 2. The molecular formula is C28H40O2. The van der Waals surface area contributed by atoms with Gasteiger partial charge in [-0.05, 0) is 89.4 Å². The van der Waals surface area contributed by atoms with Crippen molar-refractivity contribution < 1.29 is 9.90 Å². The van der Waals surface area contributed by atoms with Crippen LogP contribution in [0.5, 0.6) is 0 Å². The molecular weight excluding hydrogens is 368 g/mol. The summed E-state index contributed by atoms with van der Waals surface area (Å²) >= 11 is 0. The lowest BCUT2D eigenvalue weighted by atomic mass is 9.59. The van der Waals surface area contributed by atoms with E-state index in [1.807, 2.05) is 0 Å². The van der Waals surface area contributed by atoms with Crippen molar-refractivity contribution in [3.8, 4) is 0 Å². The van der Waals surface area contributed by atoms with Gasteiger partial charge in [-0.25, -0.2) is 0 Å². The SMILES string of the molecule is CC(C)[C@@H](C)CC[C@@H](C)[C@@H]1CC[C@@H]2c3ccc4c(c3CC[C@@]21C)CCC(=O)/C4=C/O. The van der Waals surface area contributed by atoms with Crippen molar-refractivity contribution in [3.63, 3.8) is 0 Å². The fourth-order valence-corrected chi connectivity index (χ4v) is 7.06. The van der Waals surface area contributed by atoms with E-state index < -0.39 is 0 Å². The van der Waals surface area contributed by atoms with Crippen LogP contribution in [0.25, 0.3) is 5.57 Å². The standard InChI is InChI=1S/C28H40O2/c1-17(2)18(3)6-7-19(4)25-11-12-26-23-9-8-21-20(10-13-27(30)24(21)16-29)22(23)14-15-28(25,26)5/h8-9,16-19,25-26,29H,6-7,10-15H2,1-5H3/b24-16+/t18-,19+,25-,26+,28+/m0/s1. The second kappa shape index (κ2) is 8.17. The van der Waals surface area contributed by atoms with Crippen molar-refractivity contribution in [2.24, 2.45) is 29.1 Å². The fraction of sp³-hybridized carbons (Fsp3) is 0.679. The molecule has 0 spiro atoms. The van der Waals surface area contributed by atoms with Gasteiger partial charge in [0.05, 0.1) is 11.8 Å². The number of allylic oxidation sites excluding steroid dienone is 1. The highest BCUT2D eigenvalue weighted by Crippen LogP contribution is 2.61. The zero-order chi connectivity index (χ0) is 21.6. The molecule has 1 aromatic rings. The largest absolute Gasteiger partial charge is 0.515 e. The lowest BCUT2D eigenvalue weighted by molar-refractivity contribution is -0.114. The first kappa shape index (κ1) is 21.7. The number of rotatable bonds is 5. The van der Waals surface area contributed by atoms with Crippen molar-refractivity contribution in [1.82, 2.24) is 0 Å². The van der Waals surface area contributed by atoms with E-state index in [9.17, 15) is 9.90 Å². The maximum absolute atomic E-state index is 12.2.